The lowest BCUT2D eigenvalue weighted by Gasteiger charge is -1.96. The van der Waals surface area contributed by atoms with Crippen LogP contribution < -0.4 is 11.1 Å². The number of nitrogens with one attached hydrogen (secondary N) is 1. The van der Waals surface area contributed by atoms with Crippen molar-refractivity contribution in [3.63, 3.8) is 0 Å². The molecule has 0 fully saturated rings. The van der Waals surface area contributed by atoms with Gasteiger partial charge in [-0.3, -0.25) is 10.1 Å². The molecule has 0 aliphatic carbocycles. The molecule has 6 nitrogen and oxygen atoms in total. The first-order valence-corrected chi connectivity index (χ1v) is 5.14. The molecule has 0 bridgehead atoms. The zero-order valence-corrected chi connectivity index (χ0v) is 9.60. The highest BCUT2D eigenvalue weighted by Crippen LogP contribution is 2.24. The smallest absolute Gasteiger partial charge is 0.207 e. The van der Waals surface area contributed by atoms with Crippen LogP contribution in [-0.4, -0.2) is 11.7 Å². The summed E-state index contributed by atoms with van der Waals surface area (Å²) in [5, 5.41) is 11.4. The van der Waals surface area contributed by atoms with Crippen molar-refractivity contribution in [2.45, 2.75) is 6.92 Å². The second-order valence-corrected chi connectivity index (χ2v) is 3.62. The maximum absolute atomic E-state index is 11.2. The Morgan fingerprint density at radius 2 is 2.28 bits per heavy atom. The lowest BCUT2D eigenvalue weighted by atomic mass is 10.2. The Kier molecular flexibility index (Phi) is 2.98. The molecule has 0 unspecified atom stereocenters. The zero-order chi connectivity index (χ0) is 13.1. The number of Topliss-reactive ketones (excluding diaryl/α,β-unsaturated/α-hetero) is 1. The number of nitrogens with zero attached hydrogens (tertiary/aromatic N) is 2. The highest BCUT2D eigenvalue weighted by atomic mass is 16.3. The number of hydrogen-bond donors (Lipinski definition) is 2. The summed E-state index contributed by atoms with van der Waals surface area (Å²) in [6, 6.07) is 6.74. The van der Waals surface area contributed by atoms with Crippen LogP contribution in [-0.2, 0) is 0 Å². The van der Waals surface area contributed by atoms with Gasteiger partial charge in [0.15, 0.2) is 17.7 Å². The minimum absolute atomic E-state index is 0.00661. The average molecular weight is 242 g/mol. The number of aliphatic imine (C=N–C) groups is 1. The monoisotopic (exact) mass is 242 g/mol. The molecule has 3 N–H and O–H groups in total. The Morgan fingerprint density at radius 1 is 1.50 bits per heavy atom. The summed E-state index contributed by atoms with van der Waals surface area (Å²) in [4.78, 5) is 15.2. The summed E-state index contributed by atoms with van der Waals surface area (Å²) < 4.78 is 5.34. The third-order valence-corrected chi connectivity index (χ3v) is 2.28. The van der Waals surface area contributed by atoms with E-state index in [1.54, 1.807) is 30.5 Å². The summed E-state index contributed by atoms with van der Waals surface area (Å²) in [6.07, 6.45) is 1.67. The highest BCUT2D eigenvalue weighted by molar-refractivity contribution is 5.96. The van der Waals surface area contributed by atoms with Crippen molar-refractivity contribution in [2.75, 3.05) is 0 Å². The van der Waals surface area contributed by atoms with E-state index < -0.39 is 0 Å². The van der Waals surface area contributed by atoms with E-state index >= 15 is 0 Å². The van der Waals surface area contributed by atoms with Crippen LogP contribution in [0.3, 0.4) is 0 Å². The molecule has 0 aliphatic rings. The number of nitriles is 1. The molecule has 0 saturated carbocycles. The van der Waals surface area contributed by atoms with Crippen LogP contribution in [0.25, 0.3) is 11.0 Å². The van der Waals surface area contributed by atoms with Gasteiger partial charge in [-0.1, -0.05) is 0 Å². The van der Waals surface area contributed by atoms with Crippen LogP contribution in [0.4, 0.5) is 5.69 Å². The van der Waals surface area contributed by atoms with Gasteiger partial charge in [0.25, 0.3) is 0 Å². The van der Waals surface area contributed by atoms with Gasteiger partial charge in [0.05, 0.1) is 5.69 Å². The fourth-order valence-corrected chi connectivity index (χ4v) is 1.50. The zero-order valence-electron chi connectivity index (χ0n) is 9.60. The molecule has 6 heteroatoms. The SMILES string of the molecule is CC(=O)c1cc2cc(N=C(N)NC#N)ccc2o1. The molecule has 0 atom stereocenters. The topological polar surface area (TPSA) is 104 Å². The molecule has 90 valence electrons. The predicted molar refractivity (Wildman–Crippen MR) is 66.2 cm³/mol. The van der Waals surface area contributed by atoms with Gasteiger partial charge in [-0.2, -0.15) is 5.26 Å². The number of nitrogens with two attached hydrogens (primary N) is 1. The van der Waals surface area contributed by atoms with Crippen molar-refractivity contribution in [2.24, 2.45) is 10.7 Å². The largest absolute Gasteiger partial charge is 0.453 e. The maximum Gasteiger partial charge on any atom is 0.207 e. The third kappa shape index (κ3) is 2.30. The molecule has 0 radical (unpaired) electrons. The molecule has 2 rings (SSSR count). The van der Waals surface area contributed by atoms with Gasteiger partial charge >= 0.3 is 0 Å². The fraction of sp³-hybridized carbons (Fsp3) is 0.0833. The Hall–Kier alpha value is -2.81. The van der Waals surface area contributed by atoms with Crippen LogP contribution in [0.2, 0.25) is 0 Å². The third-order valence-electron chi connectivity index (χ3n) is 2.28. The molecule has 0 amide bonds. The van der Waals surface area contributed by atoms with Crippen molar-refractivity contribution >= 4 is 28.4 Å². The molecule has 1 heterocycles. The number of furan rings is 1. The van der Waals surface area contributed by atoms with Gasteiger partial charge in [0, 0.05) is 12.3 Å². The first-order chi connectivity index (χ1) is 8.60. The standard InChI is InChI=1S/C12H10N4O2/c1-7(17)11-5-8-4-9(2-3-10(8)18-11)16-12(14)15-6-13/h2-5H,1H3,(H3,14,15,16). The van der Waals surface area contributed by atoms with Crippen molar-refractivity contribution in [1.82, 2.24) is 5.32 Å². The van der Waals surface area contributed by atoms with Gasteiger partial charge in [-0.15, -0.1) is 0 Å². The summed E-state index contributed by atoms with van der Waals surface area (Å²) in [5.74, 6) is 0.170. The molecule has 0 saturated heterocycles. The lowest BCUT2D eigenvalue weighted by molar-refractivity contribution is 0.0989. The average Bonchev–Trinajstić information content (AvgIpc) is 2.72. The number of carbonyl (C=O) groups is 1. The van der Waals surface area contributed by atoms with Crippen LogP contribution in [0.1, 0.15) is 17.5 Å². The summed E-state index contributed by atoms with van der Waals surface area (Å²) in [6.45, 7) is 1.44. The summed E-state index contributed by atoms with van der Waals surface area (Å²) >= 11 is 0. The number of carbonyl (C=O) groups excluding carboxylic acids is 1. The molecular weight excluding hydrogens is 232 g/mol. The Labute approximate surface area is 103 Å². The van der Waals surface area contributed by atoms with E-state index in [0.29, 0.717) is 17.0 Å². The van der Waals surface area contributed by atoms with Crippen molar-refractivity contribution < 1.29 is 9.21 Å². The molecule has 0 spiro atoms. The van der Waals surface area contributed by atoms with Gasteiger partial charge in [-0.25, -0.2) is 4.99 Å². The normalized spacial score (nSPS) is 11.2. The van der Waals surface area contributed by atoms with Crippen LogP contribution >= 0.6 is 0 Å². The Bertz CT molecular complexity index is 679. The van der Waals surface area contributed by atoms with Crippen molar-refractivity contribution in [3.05, 3.63) is 30.0 Å². The lowest BCUT2D eigenvalue weighted by Crippen LogP contribution is -2.26. The van der Waals surface area contributed by atoms with Crippen LogP contribution in [0, 0.1) is 11.5 Å². The van der Waals surface area contributed by atoms with Crippen molar-refractivity contribution in [3.8, 4) is 6.19 Å². The number of rotatable bonds is 2. The molecule has 1 aromatic heterocycles. The van der Waals surface area contributed by atoms with E-state index in [9.17, 15) is 4.79 Å². The van der Waals surface area contributed by atoms with Crippen molar-refractivity contribution in [1.29, 1.82) is 5.26 Å². The molecule has 1 aromatic carbocycles. The number of fused-ring (bicyclic) bond motifs is 1. The van der Waals surface area contributed by atoms with Gasteiger partial charge in [0.1, 0.15) is 5.58 Å². The van der Waals surface area contributed by atoms with E-state index in [-0.39, 0.29) is 11.7 Å². The van der Waals surface area contributed by atoms with Gasteiger partial charge in [-0.05, 0) is 24.3 Å². The molecule has 18 heavy (non-hydrogen) atoms. The number of ketones is 1. The van der Waals surface area contributed by atoms with E-state index in [1.807, 2.05) is 0 Å². The quantitative estimate of drug-likeness (QED) is 0.274. The minimum Gasteiger partial charge on any atom is -0.453 e. The summed E-state index contributed by atoms with van der Waals surface area (Å²) in [7, 11) is 0. The Morgan fingerprint density at radius 3 is 2.94 bits per heavy atom. The van der Waals surface area contributed by atoms with E-state index in [0.717, 1.165) is 5.39 Å². The number of benzene rings is 1. The molecule has 0 aliphatic heterocycles. The molecule has 2 aromatic rings. The van der Waals surface area contributed by atoms with E-state index in [1.165, 1.54) is 6.92 Å². The predicted octanol–water partition coefficient (Wildman–Crippen LogP) is 1.65. The summed E-state index contributed by atoms with van der Waals surface area (Å²) in [5.41, 5.74) is 6.62. The van der Waals surface area contributed by atoms with Crippen LogP contribution in [0.15, 0.2) is 33.7 Å². The maximum atomic E-state index is 11.2. The second kappa shape index (κ2) is 4.59. The number of hydrogen-bond acceptors (Lipinski definition) is 4. The van der Waals surface area contributed by atoms with Gasteiger partial charge < -0.3 is 10.2 Å². The number of guanidine groups is 1. The Balaban J connectivity index is 2.41. The fourth-order valence-electron chi connectivity index (χ4n) is 1.50. The van der Waals surface area contributed by atoms with Crippen LogP contribution in [0.5, 0.6) is 0 Å². The minimum atomic E-state index is -0.137. The molecular formula is C12H10N4O2. The highest BCUT2D eigenvalue weighted by Gasteiger charge is 2.08. The first-order valence-electron chi connectivity index (χ1n) is 5.14. The second-order valence-electron chi connectivity index (χ2n) is 3.62. The van der Waals surface area contributed by atoms with Gasteiger partial charge in [0.2, 0.25) is 5.96 Å². The van der Waals surface area contributed by atoms with E-state index in [4.69, 9.17) is 15.4 Å². The first kappa shape index (κ1) is 11.7. The van der Waals surface area contributed by atoms with E-state index in [2.05, 4.69) is 10.3 Å².